The van der Waals surface area contributed by atoms with Gasteiger partial charge in [-0.15, -0.1) is 0 Å². The molecule has 0 N–H and O–H groups in total. The third kappa shape index (κ3) is 2.59. The first-order valence-corrected chi connectivity index (χ1v) is 7.93. The topological polar surface area (TPSA) is 16.1 Å². The van der Waals surface area contributed by atoms with Crippen LogP contribution in [0.1, 0.15) is 29.7 Å². The number of anilines is 2. The van der Waals surface area contributed by atoms with E-state index < -0.39 is 0 Å². The van der Waals surface area contributed by atoms with E-state index in [0.717, 1.165) is 16.0 Å². The molecule has 2 nitrogen and oxygen atoms in total. The minimum absolute atomic E-state index is 0.987. The van der Waals surface area contributed by atoms with E-state index in [4.69, 9.17) is 0 Å². The maximum Gasteiger partial charge on any atom is 0.133 e. The van der Waals surface area contributed by atoms with Crippen molar-refractivity contribution >= 4 is 27.4 Å². The Balaban J connectivity index is 1.93. The molecule has 0 spiro atoms. The zero-order valence-electron chi connectivity index (χ0n) is 12.0. The van der Waals surface area contributed by atoms with E-state index in [1.54, 1.807) is 0 Å². The van der Waals surface area contributed by atoms with Gasteiger partial charge in [0.2, 0.25) is 0 Å². The Hall–Kier alpha value is -1.35. The van der Waals surface area contributed by atoms with Crippen LogP contribution >= 0.6 is 15.9 Å². The van der Waals surface area contributed by atoms with Gasteiger partial charge in [0.1, 0.15) is 5.82 Å². The van der Waals surface area contributed by atoms with Crippen LogP contribution in [0.25, 0.3) is 0 Å². The first-order chi connectivity index (χ1) is 9.65. The first-order valence-electron chi connectivity index (χ1n) is 7.14. The molecule has 3 rings (SSSR count). The molecular weight excluding hydrogens is 312 g/mol. The van der Waals surface area contributed by atoms with Crippen molar-refractivity contribution in [2.24, 2.45) is 0 Å². The van der Waals surface area contributed by atoms with Crippen LogP contribution in [0.5, 0.6) is 0 Å². The number of fused-ring (bicyclic) bond motifs is 1. The Kier molecular flexibility index (Phi) is 3.79. The lowest BCUT2D eigenvalue weighted by Gasteiger charge is -2.22. The third-order valence-electron chi connectivity index (χ3n) is 4.07. The lowest BCUT2D eigenvalue weighted by Crippen LogP contribution is -2.13. The van der Waals surface area contributed by atoms with Crippen LogP contribution in [0, 0.1) is 6.92 Å². The van der Waals surface area contributed by atoms with E-state index in [1.807, 2.05) is 6.92 Å². The minimum Gasteiger partial charge on any atom is -0.329 e. The summed E-state index contributed by atoms with van der Waals surface area (Å²) in [7, 11) is 2.08. The quantitative estimate of drug-likeness (QED) is 0.786. The fraction of sp³-hybridized carbons (Fsp3) is 0.353. The average molecular weight is 331 g/mol. The number of benzene rings is 1. The van der Waals surface area contributed by atoms with Crippen LogP contribution in [0.4, 0.5) is 11.5 Å². The summed E-state index contributed by atoms with van der Waals surface area (Å²) in [5, 5.41) is 0. The van der Waals surface area contributed by atoms with Gasteiger partial charge in [0.25, 0.3) is 0 Å². The Morgan fingerprint density at radius 3 is 2.55 bits per heavy atom. The Labute approximate surface area is 129 Å². The number of pyridine rings is 1. The number of halogens is 1. The molecule has 1 heterocycles. The van der Waals surface area contributed by atoms with Gasteiger partial charge in [-0.05, 0) is 83.9 Å². The zero-order chi connectivity index (χ0) is 14.1. The number of aryl methyl sites for hydroxylation is 3. The summed E-state index contributed by atoms with van der Waals surface area (Å²) in [5.74, 6) is 0.987. The van der Waals surface area contributed by atoms with Crippen molar-refractivity contribution in [3.05, 3.63) is 51.6 Å². The summed E-state index contributed by atoms with van der Waals surface area (Å²) in [5.41, 5.74) is 5.27. The summed E-state index contributed by atoms with van der Waals surface area (Å²) in [6.45, 7) is 2.02. The van der Waals surface area contributed by atoms with Crippen molar-refractivity contribution < 1.29 is 0 Å². The number of nitrogens with zero attached hydrogens (tertiary/aromatic N) is 2. The molecule has 1 aliphatic carbocycles. The van der Waals surface area contributed by atoms with Gasteiger partial charge >= 0.3 is 0 Å². The molecule has 1 aromatic heterocycles. The molecule has 2 aromatic rings. The zero-order valence-corrected chi connectivity index (χ0v) is 13.6. The molecule has 1 aromatic carbocycles. The Morgan fingerprint density at radius 2 is 1.80 bits per heavy atom. The molecule has 0 saturated carbocycles. The van der Waals surface area contributed by atoms with Crippen LogP contribution in [0.3, 0.4) is 0 Å². The summed E-state index contributed by atoms with van der Waals surface area (Å²) in [6, 6.07) is 10.9. The molecule has 0 fully saturated rings. The fourth-order valence-corrected chi connectivity index (χ4v) is 3.00. The summed E-state index contributed by atoms with van der Waals surface area (Å²) in [4.78, 5) is 6.80. The van der Waals surface area contributed by atoms with Gasteiger partial charge < -0.3 is 4.90 Å². The minimum atomic E-state index is 0.987. The Bertz CT molecular complexity index is 637. The average Bonchev–Trinajstić information content (AvgIpc) is 2.49. The van der Waals surface area contributed by atoms with Crippen LogP contribution in [0.2, 0.25) is 0 Å². The van der Waals surface area contributed by atoms with E-state index in [9.17, 15) is 0 Å². The molecule has 0 unspecified atom stereocenters. The number of hydrogen-bond acceptors (Lipinski definition) is 2. The monoisotopic (exact) mass is 330 g/mol. The van der Waals surface area contributed by atoms with Crippen LogP contribution in [-0.2, 0) is 12.8 Å². The fourth-order valence-electron chi connectivity index (χ4n) is 2.78. The van der Waals surface area contributed by atoms with Crippen molar-refractivity contribution in [2.45, 2.75) is 32.6 Å². The van der Waals surface area contributed by atoms with Gasteiger partial charge in [0.15, 0.2) is 0 Å². The SMILES string of the molecule is Cc1nc(N(C)c2ccc3c(c2)CCCC3)ccc1Br. The predicted octanol–water partition coefficient (Wildman–Crippen LogP) is 4.80. The molecule has 3 heteroatoms. The van der Waals surface area contributed by atoms with E-state index in [2.05, 4.69) is 63.2 Å². The second kappa shape index (κ2) is 5.57. The summed E-state index contributed by atoms with van der Waals surface area (Å²) >= 11 is 3.50. The van der Waals surface area contributed by atoms with Crippen molar-refractivity contribution in [3.8, 4) is 0 Å². The van der Waals surface area contributed by atoms with Gasteiger partial charge in [-0.3, -0.25) is 0 Å². The smallest absolute Gasteiger partial charge is 0.133 e. The first kappa shape index (κ1) is 13.6. The molecule has 0 saturated heterocycles. The number of hydrogen-bond donors (Lipinski definition) is 0. The lowest BCUT2D eigenvalue weighted by molar-refractivity contribution is 0.685. The standard InChI is InChI=1S/C17H19BrN2/c1-12-16(18)9-10-17(19-12)20(2)15-8-7-13-5-3-4-6-14(13)11-15/h7-11H,3-6H2,1-2H3. The molecule has 0 aliphatic heterocycles. The molecule has 0 amide bonds. The van der Waals surface area contributed by atoms with Crippen molar-refractivity contribution in [3.63, 3.8) is 0 Å². The van der Waals surface area contributed by atoms with Gasteiger partial charge in [0, 0.05) is 17.2 Å². The molecule has 20 heavy (non-hydrogen) atoms. The highest BCUT2D eigenvalue weighted by Crippen LogP contribution is 2.29. The normalized spacial score (nSPS) is 13.9. The summed E-state index contributed by atoms with van der Waals surface area (Å²) < 4.78 is 1.06. The van der Waals surface area contributed by atoms with Crippen LogP contribution in [-0.4, -0.2) is 12.0 Å². The van der Waals surface area contributed by atoms with Crippen LogP contribution in [0.15, 0.2) is 34.8 Å². The lowest BCUT2D eigenvalue weighted by atomic mass is 9.91. The number of rotatable bonds is 2. The molecule has 1 aliphatic rings. The van der Waals surface area contributed by atoms with Crippen molar-refractivity contribution in [1.82, 2.24) is 4.98 Å². The van der Waals surface area contributed by atoms with E-state index in [0.29, 0.717) is 0 Å². The molecule has 0 radical (unpaired) electrons. The molecular formula is C17H19BrN2. The highest BCUT2D eigenvalue weighted by atomic mass is 79.9. The van der Waals surface area contributed by atoms with Gasteiger partial charge in [-0.25, -0.2) is 4.98 Å². The number of aromatic nitrogens is 1. The maximum absolute atomic E-state index is 4.64. The largest absolute Gasteiger partial charge is 0.329 e. The van der Waals surface area contributed by atoms with Crippen LogP contribution < -0.4 is 4.90 Å². The molecule has 0 bridgehead atoms. The Morgan fingerprint density at radius 1 is 1.05 bits per heavy atom. The second-order valence-electron chi connectivity index (χ2n) is 5.46. The maximum atomic E-state index is 4.64. The molecule has 104 valence electrons. The van der Waals surface area contributed by atoms with E-state index in [-0.39, 0.29) is 0 Å². The van der Waals surface area contributed by atoms with E-state index >= 15 is 0 Å². The van der Waals surface area contributed by atoms with E-state index in [1.165, 1.54) is 42.5 Å². The summed E-state index contributed by atoms with van der Waals surface area (Å²) in [6.07, 6.45) is 5.09. The highest BCUT2D eigenvalue weighted by molar-refractivity contribution is 9.10. The van der Waals surface area contributed by atoms with Crippen molar-refractivity contribution in [2.75, 3.05) is 11.9 Å². The predicted molar refractivity (Wildman–Crippen MR) is 87.8 cm³/mol. The van der Waals surface area contributed by atoms with Gasteiger partial charge in [-0.1, -0.05) is 6.07 Å². The second-order valence-corrected chi connectivity index (χ2v) is 6.31. The van der Waals surface area contributed by atoms with Gasteiger partial charge in [0.05, 0.1) is 5.69 Å². The van der Waals surface area contributed by atoms with Gasteiger partial charge in [-0.2, -0.15) is 0 Å². The third-order valence-corrected chi connectivity index (χ3v) is 4.91. The highest BCUT2D eigenvalue weighted by Gasteiger charge is 2.12. The van der Waals surface area contributed by atoms with Crippen molar-refractivity contribution in [1.29, 1.82) is 0 Å². The molecule has 0 atom stereocenters.